The highest BCUT2D eigenvalue weighted by Gasteiger charge is 2.62. The van der Waals surface area contributed by atoms with Crippen LogP contribution in [0, 0.1) is 6.92 Å². The van der Waals surface area contributed by atoms with Crippen LogP contribution in [-0.2, 0) is 16.5 Å². The number of benzene rings is 2. The van der Waals surface area contributed by atoms with E-state index in [0.29, 0.717) is 4.52 Å². The van der Waals surface area contributed by atoms with Gasteiger partial charge in [0.15, 0.2) is 5.69 Å². The molecular formula is C25H17F6N5O3. The summed E-state index contributed by atoms with van der Waals surface area (Å²) in [5, 5.41) is 10.6. The van der Waals surface area contributed by atoms with E-state index in [1.165, 1.54) is 49.4 Å². The van der Waals surface area contributed by atoms with E-state index >= 15 is 0 Å². The number of hydrogen-bond donors (Lipinski definition) is 1. The second-order valence-electron chi connectivity index (χ2n) is 8.44. The maximum Gasteiger partial charge on any atom is 0.435 e. The lowest BCUT2D eigenvalue weighted by Crippen LogP contribution is -2.45. The lowest BCUT2D eigenvalue weighted by molar-refractivity contribution is -0.265. The Morgan fingerprint density at radius 1 is 0.897 bits per heavy atom. The highest BCUT2D eigenvalue weighted by atomic mass is 19.4. The minimum atomic E-state index is -5.08. The number of halogens is 6. The van der Waals surface area contributed by atoms with E-state index in [1.54, 1.807) is 6.07 Å². The zero-order chi connectivity index (χ0) is 28.2. The number of H-pyrrole nitrogens is 1. The van der Waals surface area contributed by atoms with E-state index in [0.717, 1.165) is 19.2 Å². The van der Waals surface area contributed by atoms with Crippen molar-refractivity contribution in [2.75, 3.05) is 7.11 Å². The normalized spacial score (nSPS) is 14.1. The van der Waals surface area contributed by atoms with Crippen LogP contribution in [0.1, 0.15) is 22.8 Å². The highest BCUT2D eigenvalue weighted by Crippen LogP contribution is 2.47. The van der Waals surface area contributed by atoms with Crippen LogP contribution in [0.2, 0.25) is 0 Å². The molecule has 8 nitrogen and oxygen atoms in total. The van der Waals surface area contributed by atoms with Gasteiger partial charge in [-0.05, 0) is 12.5 Å². The zero-order valence-electron chi connectivity index (χ0n) is 20.1. The van der Waals surface area contributed by atoms with Crippen LogP contribution in [0.3, 0.4) is 0 Å². The minimum absolute atomic E-state index is 0.0387. The van der Waals surface area contributed by atoms with Gasteiger partial charge in [0.2, 0.25) is 0 Å². The summed E-state index contributed by atoms with van der Waals surface area (Å²) in [6.45, 7) is 1.33. The Kier molecular flexibility index (Phi) is 6.09. The number of aromatic nitrogens is 5. The largest absolute Gasteiger partial charge is 0.435 e. The summed E-state index contributed by atoms with van der Waals surface area (Å²) in [7, 11) is 0.808. The third kappa shape index (κ3) is 4.07. The first-order valence-corrected chi connectivity index (χ1v) is 11.2. The van der Waals surface area contributed by atoms with Gasteiger partial charge in [0.25, 0.3) is 22.9 Å². The molecule has 0 amide bonds. The average molecular weight is 549 g/mol. The van der Waals surface area contributed by atoms with E-state index in [4.69, 9.17) is 9.15 Å². The molecule has 0 aliphatic heterocycles. The predicted octanol–water partition coefficient (Wildman–Crippen LogP) is 5.52. The van der Waals surface area contributed by atoms with Crippen LogP contribution in [0.15, 0.2) is 69.9 Å². The van der Waals surface area contributed by atoms with Gasteiger partial charge in [-0.3, -0.25) is 4.79 Å². The molecule has 2 aromatic carbocycles. The molecule has 39 heavy (non-hydrogen) atoms. The van der Waals surface area contributed by atoms with E-state index in [2.05, 4.69) is 20.3 Å². The minimum Gasteiger partial charge on any atom is -0.416 e. The first-order valence-electron chi connectivity index (χ1n) is 11.2. The SMILES string of the molecule is CO[C@](c1ccccc1)(c1nnc(-c2c(C)[nH]c3c(-c4ccccc4)c(C(F)(F)F)nn3c2=O)o1)C(F)(F)F. The topological polar surface area (TPSA) is 98.3 Å². The van der Waals surface area contributed by atoms with Crippen molar-refractivity contribution in [3.05, 3.63) is 93.9 Å². The molecule has 0 spiro atoms. The van der Waals surface area contributed by atoms with E-state index in [9.17, 15) is 31.1 Å². The molecule has 0 unspecified atom stereocenters. The molecule has 0 saturated heterocycles. The molecule has 0 fully saturated rings. The average Bonchev–Trinajstić information content (AvgIpc) is 3.51. The summed E-state index contributed by atoms with van der Waals surface area (Å²) in [6, 6.07) is 14.0. The summed E-state index contributed by atoms with van der Waals surface area (Å²) >= 11 is 0. The number of fused-ring (bicyclic) bond motifs is 1. The van der Waals surface area contributed by atoms with Crippen molar-refractivity contribution in [2.24, 2.45) is 0 Å². The van der Waals surface area contributed by atoms with E-state index < -0.39 is 46.6 Å². The molecule has 14 heteroatoms. The van der Waals surface area contributed by atoms with Crippen molar-refractivity contribution >= 4 is 5.65 Å². The fourth-order valence-electron chi connectivity index (χ4n) is 4.38. The van der Waals surface area contributed by atoms with Crippen LogP contribution in [-0.4, -0.2) is 38.1 Å². The van der Waals surface area contributed by atoms with Crippen LogP contribution in [0.25, 0.3) is 28.2 Å². The summed E-state index contributed by atoms with van der Waals surface area (Å²) in [4.78, 5) is 16.1. The molecule has 3 aromatic heterocycles. The van der Waals surface area contributed by atoms with Gasteiger partial charge in [0.1, 0.15) is 11.2 Å². The van der Waals surface area contributed by atoms with Gasteiger partial charge in [-0.1, -0.05) is 60.7 Å². The molecule has 5 rings (SSSR count). The number of methoxy groups -OCH3 is 1. The van der Waals surface area contributed by atoms with E-state index in [-0.39, 0.29) is 28.0 Å². The molecule has 0 saturated carbocycles. The second-order valence-corrected chi connectivity index (χ2v) is 8.44. The van der Waals surface area contributed by atoms with Crippen LogP contribution in [0.5, 0.6) is 0 Å². The van der Waals surface area contributed by atoms with Gasteiger partial charge in [0.05, 0.1) is 5.56 Å². The third-order valence-electron chi connectivity index (χ3n) is 6.13. The molecule has 0 bridgehead atoms. The third-order valence-corrected chi connectivity index (χ3v) is 6.13. The number of ether oxygens (including phenoxy) is 1. The Morgan fingerprint density at radius 3 is 2.08 bits per heavy atom. The van der Waals surface area contributed by atoms with Crippen LogP contribution < -0.4 is 5.56 Å². The fraction of sp³-hybridized carbons (Fsp3) is 0.200. The molecule has 0 aliphatic rings. The molecule has 0 radical (unpaired) electrons. The van der Waals surface area contributed by atoms with Crippen molar-refractivity contribution in [2.45, 2.75) is 24.9 Å². The number of aromatic amines is 1. The van der Waals surface area contributed by atoms with Crippen LogP contribution in [0.4, 0.5) is 26.3 Å². The van der Waals surface area contributed by atoms with E-state index in [1.807, 2.05) is 0 Å². The van der Waals surface area contributed by atoms with Crippen molar-refractivity contribution < 1.29 is 35.5 Å². The zero-order valence-corrected chi connectivity index (χ0v) is 20.1. The molecule has 202 valence electrons. The Bertz CT molecular complexity index is 1710. The molecule has 5 aromatic rings. The molecule has 1 N–H and O–H groups in total. The summed E-state index contributed by atoms with van der Waals surface area (Å²) < 4.78 is 95.7. The Morgan fingerprint density at radius 2 is 1.51 bits per heavy atom. The Hall–Kier alpha value is -4.46. The first-order chi connectivity index (χ1) is 18.4. The monoisotopic (exact) mass is 549 g/mol. The Balaban J connectivity index is 1.74. The molecule has 1 atom stereocenters. The number of rotatable bonds is 5. The number of nitrogens with one attached hydrogen (secondary N) is 1. The molecule has 3 heterocycles. The standard InChI is InChI=1S/C25H17F6N5O3/c1-13-16(20-33-34-22(39-20)23(38-2,25(29,30)31)15-11-7-4-8-12-15)21(37)36-19(32-13)17(14-9-5-3-6-10-14)18(35-36)24(26,27)28/h3-12,32H,1-2H3/t23-/m1/s1. The number of alkyl halides is 6. The van der Waals surface area contributed by atoms with Crippen molar-refractivity contribution in [1.82, 2.24) is 24.8 Å². The Labute approximate surface area is 214 Å². The maximum atomic E-state index is 14.4. The summed E-state index contributed by atoms with van der Waals surface area (Å²) in [5.74, 6) is -1.70. The van der Waals surface area contributed by atoms with Crippen molar-refractivity contribution in [1.29, 1.82) is 0 Å². The number of hydrogen-bond acceptors (Lipinski definition) is 6. The molecule has 0 aliphatic carbocycles. The van der Waals surface area contributed by atoms with Gasteiger partial charge in [0, 0.05) is 18.4 Å². The number of nitrogens with zero attached hydrogens (tertiary/aromatic N) is 4. The van der Waals surface area contributed by atoms with Gasteiger partial charge in [-0.25, -0.2) is 0 Å². The fourth-order valence-corrected chi connectivity index (χ4v) is 4.38. The maximum absolute atomic E-state index is 14.4. The van der Waals surface area contributed by atoms with Gasteiger partial charge >= 0.3 is 12.4 Å². The highest BCUT2D eigenvalue weighted by molar-refractivity contribution is 5.81. The van der Waals surface area contributed by atoms with Crippen molar-refractivity contribution in [3.8, 4) is 22.6 Å². The quantitative estimate of drug-likeness (QED) is 0.290. The summed E-state index contributed by atoms with van der Waals surface area (Å²) in [5.41, 5.74) is -7.00. The predicted molar refractivity (Wildman–Crippen MR) is 125 cm³/mol. The van der Waals surface area contributed by atoms with Gasteiger partial charge in [-0.15, -0.1) is 10.2 Å². The van der Waals surface area contributed by atoms with Crippen LogP contribution >= 0.6 is 0 Å². The van der Waals surface area contributed by atoms with Crippen molar-refractivity contribution in [3.63, 3.8) is 0 Å². The number of aryl methyl sites for hydroxylation is 1. The lowest BCUT2D eigenvalue weighted by Gasteiger charge is -2.31. The second kappa shape index (κ2) is 9.08. The molecular weight excluding hydrogens is 532 g/mol. The summed E-state index contributed by atoms with van der Waals surface area (Å²) in [6.07, 6.45) is -10.0. The van der Waals surface area contributed by atoms with Gasteiger partial charge in [-0.2, -0.15) is 36.0 Å². The lowest BCUT2D eigenvalue weighted by atomic mass is 9.92. The first kappa shape index (κ1) is 26.2. The smallest absolute Gasteiger partial charge is 0.416 e. The van der Waals surface area contributed by atoms with Gasteiger partial charge < -0.3 is 14.1 Å².